The SMILES string of the molecule is Cc1cccc(-c2nnc([C@H](C)N3CCc4ccccc43)o2)c1. The van der Waals surface area contributed by atoms with E-state index in [9.17, 15) is 0 Å². The fraction of sp³-hybridized carbons (Fsp3) is 0.263. The summed E-state index contributed by atoms with van der Waals surface area (Å²) in [5.41, 5.74) is 4.81. The maximum absolute atomic E-state index is 5.95. The van der Waals surface area contributed by atoms with Crippen LogP contribution in [0.15, 0.2) is 52.9 Å². The van der Waals surface area contributed by atoms with E-state index in [0.29, 0.717) is 11.8 Å². The van der Waals surface area contributed by atoms with Crippen molar-refractivity contribution in [2.75, 3.05) is 11.4 Å². The molecule has 4 rings (SSSR count). The van der Waals surface area contributed by atoms with Gasteiger partial charge in [0.15, 0.2) is 0 Å². The second kappa shape index (κ2) is 5.54. The fourth-order valence-corrected chi connectivity index (χ4v) is 3.20. The van der Waals surface area contributed by atoms with Gasteiger partial charge in [-0.3, -0.25) is 0 Å². The number of fused-ring (bicyclic) bond motifs is 1. The van der Waals surface area contributed by atoms with Gasteiger partial charge in [0.05, 0.1) is 0 Å². The molecule has 4 nitrogen and oxygen atoms in total. The summed E-state index contributed by atoms with van der Waals surface area (Å²) in [6.07, 6.45) is 1.07. The molecular formula is C19H19N3O. The maximum atomic E-state index is 5.95. The standard InChI is InChI=1S/C19H19N3O/c1-13-6-5-8-16(12-13)19-21-20-18(23-19)14(2)22-11-10-15-7-3-4-9-17(15)22/h3-9,12,14H,10-11H2,1-2H3/t14-/m0/s1. The molecule has 0 amide bonds. The first-order valence-corrected chi connectivity index (χ1v) is 7.97. The zero-order valence-electron chi connectivity index (χ0n) is 13.4. The first-order chi connectivity index (χ1) is 11.2. The summed E-state index contributed by atoms with van der Waals surface area (Å²) < 4.78 is 5.95. The quantitative estimate of drug-likeness (QED) is 0.728. The lowest BCUT2D eigenvalue weighted by Gasteiger charge is -2.24. The van der Waals surface area contributed by atoms with Gasteiger partial charge in [0.25, 0.3) is 0 Å². The third-order valence-corrected chi connectivity index (χ3v) is 4.45. The topological polar surface area (TPSA) is 42.2 Å². The first-order valence-electron chi connectivity index (χ1n) is 7.97. The number of aromatic nitrogens is 2. The maximum Gasteiger partial charge on any atom is 0.247 e. The Morgan fingerprint density at radius 3 is 2.83 bits per heavy atom. The molecule has 0 unspecified atom stereocenters. The molecule has 0 aliphatic carbocycles. The van der Waals surface area contributed by atoms with Crippen LogP contribution in [0.5, 0.6) is 0 Å². The molecule has 0 saturated carbocycles. The van der Waals surface area contributed by atoms with Crippen molar-refractivity contribution < 1.29 is 4.42 Å². The molecule has 1 atom stereocenters. The Kier molecular flexibility index (Phi) is 3.37. The highest BCUT2D eigenvalue weighted by molar-refractivity contribution is 5.59. The Hall–Kier alpha value is -2.62. The number of benzene rings is 2. The smallest absolute Gasteiger partial charge is 0.247 e. The van der Waals surface area contributed by atoms with E-state index in [4.69, 9.17) is 4.42 Å². The zero-order chi connectivity index (χ0) is 15.8. The van der Waals surface area contributed by atoms with Crippen molar-refractivity contribution in [2.24, 2.45) is 0 Å². The second-order valence-corrected chi connectivity index (χ2v) is 6.06. The largest absolute Gasteiger partial charge is 0.418 e. The van der Waals surface area contributed by atoms with Crippen LogP contribution in [0.2, 0.25) is 0 Å². The van der Waals surface area contributed by atoms with E-state index in [1.807, 2.05) is 12.1 Å². The van der Waals surface area contributed by atoms with Crippen molar-refractivity contribution in [1.29, 1.82) is 0 Å². The summed E-state index contributed by atoms with van der Waals surface area (Å²) in [6, 6.07) is 16.7. The van der Waals surface area contributed by atoms with E-state index in [1.54, 1.807) is 0 Å². The highest BCUT2D eigenvalue weighted by Crippen LogP contribution is 2.35. The molecule has 2 heterocycles. The number of para-hydroxylation sites is 1. The molecule has 23 heavy (non-hydrogen) atoms. The van der Waals surface area contributed by atoms with Crippen molar-refractivity contribution in [3.8, 4) is 11.5 Å². The summed E-state index contributed by atoms with van der Waals surface area (Å²) in [6.45, 7) is 5.17. The highest BCUT2D eigenvalue weighted by Gasteiger charge is 2.27. The van der Waals surface area contributed by atoms with Gasteiger partial charge in [-0.15, -0.1) is 10.2 Å². The molecule has 0 N–H and O–H groups in total. The fourth-order valence-electron chi connectivity index (χ4n) is 3.20. The second-order valence-electron chi connectivity index (χ2n) is 6.06. The molecule has 4 heteroatoms. The molecular weight excluding hydrogens is 286 g/mol. The van der Waals surface area contributed by atoms with Gasteiger partial charge in [-0.2, -0.15) is 0 Å². The van der Waals surface area contributed by atoms with Crippen LogP contribution in [0, 0.1) is 6.92 Å². The van der Waals surface area contributed by atoms with Gasteiger partial charge < -0.3 is 9.32 Å². The van der Waals surface area contributed by atoms with Crippen LogP contribution < -0.4 is 4.90 Å². The molecule has 1 aliphatic heterocycles. The molecule has 0 saturated heterocycles. The third kappa shape index (κ3) is 2.50. The molecule has 116 valence electrons. The lowest BCUT2D eigenvalue weighted by atomic mass is 10.1. The van der Waals surface area contributed by atoms with Crippen LogP contribution in [-0.2, 0) is 6.42 Å². The predicted octanol–water partition coefficient (Wildman–Crippen LogP) is 4.17. The molecule has 0 radical (unpaired) electrons. The Morgan fingerprint density at radius 1 is 1.09 bits per heavy atom. The van der Waals surface area contributed by atoms with Crippen LogP contribution in [-0.4, -0.2) is 16.7 Å². The number of rotatable bonds is 3. The van der Waals surface area contributed by atoms with Gasteiger partial charge in [0.1, 0.15) is 6.04 Å². The van der Waals surface area contributed by atoms with E-state index < -0.39 is 0 Å². The van der Waals surface area contributed by atoms with E-state index in [0.717, 1.165) is 18.5 Å². The van der Waals surface area contributed by atoms with Crippen LogP contribution in [0.25, 0.3) is 11.5 Å². The molecule has 3 aromatic rings. The summed E-state index contributed by atoms with van der Waals surface area (Å²) in [4.78, 5) is 2.34. The average molecular weight is 305 g/mol. The minimum absolute atomic E-state index is 0.0738. The van der Waals surface area contributed by atoms with Gasteiger partial charge in [0, 0.05) is 17.8 Å². The number of hydrogen-bond donors (Lipinski definition) is 0. The van der Waals surface area contributed by atoms with Gasteiger partial charge in [-0.05, 0) is 44.0 Å². The van der Waals surface area contributed by atoms with E-state index >= 15 is 0 Å². The van der Waals surface area contributed by atoms with Crippen molar-refractivity contribution in [3.63, 3.8) is 0 Å². The summed E-state index contributed by atoms with van der Waals surface area (Å²) in [5.74, 6) is 1.25. The lowest BCUT2D eigenvalue weighted by Crippen LogP contribution is -2.24. The summed E-state index contributed by atoms with van der Waals surface area (Å²) in [7, 11) is 0. The Balaban J connectivity index is 1.62. The third-order valence-electron chi connectivity index (χ3n) is 4.45. The molecule has 0 bridgehead atoms. The predicted molar refractivity (Wildman–Crippen MR) is 90.4 cm³/mol. The van der Waals surface area contributed by atoms with Crippen molar-refractivity contribution in [1.82, 2.24) is 10.2 Å². The molecule has 1 aliphatic rings. The monoisotopic (exact) mass is 305 g/mol. The normalized spacial score (nSPS) is 14.8. The lowest BCUT2D eigenvalue weighted by molar-refractivity contribution is 0.459. The number of aryl methyl sites for hydroxylation is 1. The number of nitrogens with zero attached hydrogens (tertiary/aromatic N) is 3. The van der Waals surface area contributed by atoms with E-state index in [1.165, 1.54) is 16.8 Å². The van der Waals surface area contributed by atoms with Gasteiger partial charge in [-0.1, -0.05) is 35.9 Å². The van der Waals surface area contributed by atoms with E-state index in [-0.39, 0.29) is 6.04 Å². The first kappa shape index (κ1) is 14.0. The Labute approximate surface area is 135 Å². The van der Waals surface area contributed by atoms with Crippen LogP contribution in [0.1, 0.15) is 30.0 Å². The highest BCUT2D eigenvalue weighted by atomic mass is 16.4. The molecule has 2 aromatic carbocycles. The Bertz CT molecular complexity index is 840. The minimum atomic E-state index is 0.0738. The van der Waals surface area contributed by atoms with Crippen LogP contribution >= 0.6 is 0 Å². The van der Waals surface area contributed by atoms with Crippen LogP contribution in [0.4, 0.5) is 5.69 Å². The van der Waals surface area contributed by atoms with Crippen LogP contribution in [0.3, 0.4) is 0 Å². The number of hydrogen-bond acceptors (Lipinski definition) is 4. The van der Waals surface area contributed by atoms with E-state index in [2.05, 4.69) is 65.3 Å². The van der Waals surface area contributed by atoms with Gasteiger partial charge >= 0.3 is 0 Å². The average Bonchev–Trinajstić information content (AvgIpc) is 3.22. The Morgan fingerprint density at radius 2 is 1.96 bits per heavy atom. The molecule has 1 aromatic heterocycles. The number of anilines is 1. The molecule has 0 spiro atoms. The molecule has 0 fully saturated rings. The summed E-state index contributed by atoms with van der Waals surface area (Å²) in [5, 5.41) is 8.51. The van der Waals surface area contributed by atoms with Crippen molar-refractivity contribution >= 4 is 5.69 Å². The minimum Gasteiger partial charge on any atom is -0.418 e. The van der Waals surface area contributed by atoms with Gasteiger partial charge in [-0.25, -0.2) is 0 Å². The zero-order valence-corrected chi connectivity index (χ0v) is 13.4. The van der Waals surface area contributed by atoms with Crippen molar-refractivity contribution in [3.05, 3.63) is 65.5 Å². The van der Waals surface area contributed by atoms with Gasteiger partial charge in [0.2, 0.25) is 11.8 Å². The summed E-state index contributed by atoms with van der Waals surface area (Å²) >= 11 is 0. The van der Waals surface area contributed by atoms with Crippen molar-refractivity contribution in [2.45, 2.75) is 26.3 Å².